The third-order valence-electron chi connectivity index (χ3n) is 0.970. The van der Waals surface area contributed by atoms with Crippen LogP contribution in [0.1, 0.15) is 20.3 Å². The molecule has 3 radical (unpaired) electrons. The van der Waals surface area contributed by atoms with Crippen molar-refractivity contribution in [1.29, 1.82) is 0 Å². The molecule has 0 saturated heterocycles. The zero-order valence-electron chi connectivity index (χ0n) is 6.31. The maximum atomic E-state index is 5.19. The topological polar surface area (TPSA) is 9.23 Å². The second-order valence-electron chi connectivity index (χ2n) is 1.86. The smallest absolute Gasteiger partial charge is 0.0962 e. The first-order valence-corrected chi connectivity index (χ1v) is 4.30. The largest absolute Gasteiger partial charge is 0.502 e. The molecule has 0 aromatic carbocycles. The highest BCUT2D eigenvalue weighted by Gasteiger charge is 1.91. The van der Waals surface area contributed by atoms with E-state index >= 15 is 0 Å². The van der Waals surface area contributed by atoms with Crippen molar-refractivity contribution in [1.82, 2.24) is 0 Å². The molecule has 10 heavy (non-hydrogen) atoms. The van der Waals surface area contributed by atoms with Crippen LogP contribution in [-0.2, 0) is 4.74 Å². The van der Waals surface area contributed by atoms with Crippen molar-refractivity contribution in [2.45, 2.75) is 20.3 Å². The summed E-state index contributed by atoms with van der Waals surface area (Å²) in [6, 6.07) is 0. The molecule has 3 heteroatoms. The summed E-state index contributed by atoms with van der Waals surface area (Å²) in [5, 5.41) is 0. The van der Waals surface area contributed by atoms with E-state index in [0.29, 0.717) is 6.23 Å². The molecule has 0 atom stereocenters. The standard InChI is InChI=1S/C7H11OSSi/c1-3-7(8-5-10)4-6(2)9/h4H,3,5H2,1-2H3/b7-4-. The van der Waals surface area contributed by atoms with Crippen LogP contribution in [0.5, 0.6) is 0 Å². The van der Waals surface area contributed by atoms with Gasteiger partial charge < -0.3 is 4.74 Å². The molecule has 0 amide bonds. The van der Waals surface area contributed by atoms with Crippen molar-refractivity contribution in [3.63, 3.8) is 0 Å². The van der Waals surface area contributed by atoms with E-state index in [9.17, 15) is 0 Å². The van der Waals surface area contributed by atoms with E-state index in [-0.39, 0.29) is 0 Å². The average Bonchev–Trinajstić information content (AvgIpc) is 1.86. The van der Waals surface area contributed by atoms with Gasteiger partial charge in [0.05, 0.1) is 22.2 Å². The van der Waals surface area contributed by atoms with Gasteiger partial charge in [-0.25, -0.2) is 0 Å². The van der Waals surface area contributed by atoms with Crippen molar-refractivity contribution in [2.24, 2.45) is 0 Å². The summed E-state index contributed by atoms with van der Waals surface area (Å²) in [7, 11) is 3.22. The SMILES string of the molecule is CC/C(=C/C(C)=S)OC[Si]. The molecule has 0 N–H and O–H groups in total. The summed E-state index contributed by atoms with van der Waals surface area (Å²) in [6.45, 7) is 3.91. The summed E-state index contributed by atoms with van der Waals surface area (Å²) in [4.78, 5) is 0.858. The summed E-state index contributed by atoms with van der Waals surface area (Å²) in [5.74, 6) is 0.933. The van der Waals surface area contributed by atoms with Gasteiger partial charge >= 0.3 is 0 Å². The predicted molar refractivity (Wildman–Crippen MR) is 48.4 cm³/mol. The van der Waals surface area contributed by atoms with Gasteiger partial charge in [-0.2, -0.15) is 0 Å². The van der Waals surface area contributed by atoms with Crippen LogP contribution in [0.3, 0.4) is 0 Å². The van der Waals surface area contributed by atoms with Crippen LogP contribution in [0, 0.1) is 0 Å². The first-order chi connectivity index (χ1) is 4.70. The van der Waals surface area contributed by atoms with Gasteiger partial charge in [0, 0.05) is 11.3 Å². The molecule has 0 aliphatic heterocycles. The first-order valence-electron chi connectivity index (χ1n) is 3.19. The van der Waals surface area contributed by atoms with Crippen molar-refractivity contribution >= 4 is 27.3 Å². The van der Waals surface area contributed by atoms with Crippen molar-refractivity contribution in [3.8, 4) is 0 Å². The fourth-order valence-electron chi connectivity index (χ4n) is 0.565. The highest BCUT2D eigenvalue weighted by Crippen LogP contribution is 2.01. The third-order valence-corrected chi connectivity index (χ3v) is 1.23. The Bertz CT molecular complexity index is 143. The molecule has 0 aliphatic rings. The molecular formula is C7H11OSSi. The van der Waals surface area contributed by atoms with Crippen LogP contribution < -0.4 is 0 Å². The molecule has 0 bridgehead atoms. The molecule has 0 aliphatic carbocycles. The maximum Gasteiger partial charge on any atom is 0.0962 e. The molecule has 55 valence electrons. The highest BCUT2D eigenvalue weighted by atomic mass is 32.1. The van der Waals surface area contributed by atoms with Crippen molar-refractivity contribution in [2.75, 3.05) is 6.23 Å². The number of hydrogen-bond donors (Lipinski definition) is 0. The van der Waals surface area contributed by atoms with Crippen molar-refractivity contribution in [3.05, 3.63) is 11.8 Å². The van der Waals surface area contributed by atoms with Gasteiger partial charge in [-0.3, -0.25) is 0 Å². The fraction of sp³-hybridized carbons (Fsp3) is 0.571. The molecule has 0 spiro atoms. The summed E-state index contributed by atoms with van der Waals surface area (Å²) < 4.78 is 5.19. The number of ether oxygens (including phenoxy) is 1. The Balaban J connectivity index is 3.91. The maximum absolute atomic E-state index is 5.19. The lowest BCUT2D eigenvalue weighted by Gasteiger charge is -2.04. The zero-order valence-corrected chi connectivity index (χ0v) is 8.12. The van der Waals surface area contributed by atoms with E-state index in [1.54, 1.807) is 0 Å². The van der Waals surface area contributed by atoms with E-state index in [1.165, 1.54) is 0 Å². The molecule has 0 rings (SSSR count). The number of rotatable bonds is 4. The molecule has 0 aromatic rings. The van der Waals surface area contributed by atoms with Crippen LogP contribution >= 0.6 is 12.2 Å². The summed E-state index contributed by atoms with van der Waals surface area (Å²) >= 11 is 4.88. The highest BCUT2D eigenvalue weighted by molar-refractivity contribution is 7.80. The Morgan fingerprint density at radius 3 is 2.60 bits per heavy atom. The molecule has 1 nitrogen and oxygen atoms in total. The minimum Gasteiger partial charge on any atom is -0.502 e. The van der Waals surface area contributed by atoms with Crippen LogP contribution in [0.15, 0.2) is 11.8 Å². The number of hydrogen-bond acceptors (Lipinski definition) is 2. The van der Waals surface area contributed by atoms with Gasteiger partial charge in [0.2, 0.25) is 0 Å². The van der Waals surface area contributed by atoms with Gasteiger partial charge in [0.15, 0.2) is 0 Å². The van der Waals surface area contributed by atoms with Crippen LogP contribution in [0.25, 0.3) is 0 Å². The van der Waals surface area contributed by atoms with Gasteiger partial charge in [-0.1, -0.05) is 19.1 Å². The van der Waals surface area contributed by atoms with E-state index in [1.807, 2.05) is 19.9 Å². The molecule has 0 saturated carbocycles. The second-order valence-corrected chi connectivity index (χ2v) is 2.80. The van der Waals surface area contributed by atoms with E-state index < -0.39 is 0 Å². The molecule has 0 unspecified atom stereocenters. The van der Waals surface area contributed by atoms with E-state index in [0.717, 1.165) is 17.0 Å². The average molecular weight is 171 g/mol. The van der Waals surface area contributed by atoms with Crippen LogP contribution in [0.4, 0.5) is 0 Å². The molecule has 0 fully saturated rings. The Morgan fingerprint density at radius 2 is 2.30 bits per heavy atom. The monoisotopic (exact) mass is 171 g/mol. The lowest BCUT2D eigenvalue weighted by Crippen LogP contribution is -1.95. The minimum atomic E-state index is 0.530. The molecule has 0 aromatic heterocycles. The summed E-state index contributed by atoms with van der Waals surface area (Å²) in [5.41, 5.74) is 0. The van der Waals surface area contributed by atoms with Gasteiger partial charge in [0.25, 0.3) is 0 Å². The molecule has 0 heterocycles. The zero-order chi connectivity index (χ0) is 7.98. The normalized spacial score (nSPS) is 11.3. The van der Waals surface area contributed by atoms with Gasteiger partial charge in [-0.15, -0.1) is 0 Å². The minimum absolute atomic E-state index is 0.530. The Hall–Kier alpha value is -0.153. The van der Waals surface area contributed by atoms with Gasteiger partial charge in [-0.05, 0) is 13.0 Å². The van der Waals surface area contributed by atoms with Crippen LogP contribution in [-0.4, -0.2) is 21.3 Å². The fourth-order valence-corrected chi connectivity index (χ4v) is 0.882. The number of allylic oxidation sites excluding steroid dienone is 2. The predicted octanol–water partition coefficient (Wildman–Crippen LogP) is 1.81. The Morgan fingerprint density at radius 1 is 1.70 bits per heavy atom. The van der Waals surface area contributed by atoms with E-state index in [4.69, 9.17) is 17.0 Å². The molecular weight excluding hydrogens is 160 g/mol. The lowest BCUT2D eigenvalue weighted by molar-refractivity contribution is 0.259. The van der Waals surface area contributed by atoms with Crippen LogP contribution in [0.2, 0.25) is 0 Å². The third kappa shape index (κ3) is 4.70. The number of thiocarbonyl (C=S) groups is 1. The first kappa shape index (κ1) is 9.85. The lowest BCUT2D eigenvalue weighted by atomic mass is 10.3. The van der Waals surface area contributed by atoms with Gasteiger partial charge in [0.1, 0.15) is 0 Å². The Labute approximate surface area is 70.9 Å². The van der Waals surface area contributed by atoms with Crippen molar-refractivity contribution < 1.29 is 4.74 Å². The Kier molecular flexibility index (Phi) is 5.53. The quantitative estimate of drug-likeness (QED) is 0.276. The van der Waals surface area contributed by atoms with E-state index in [2.05, 4.69) is 10.2 Å². The second kappa shape index (κ2) is 5.62. The summed E-state index contributed by atoms with van der Waals surface area (Å²) in [6.07, 6.45) is 3.29.